The van der Waals surface area contributed by atoms with E-state index >= 15 is 0 Å². The summed E-state index contributed by atoms with van der Waals surface area (Å²) in [4.78, 5) is 16.0. The van der Waals surface area contributed by atoms with Crippen LogP contribution in [-0.2, 0) is 0 Å². The van der Waals surface area contributed by atoms with Crippen LogP contribution >= 0.6 is 11.8 Å². The lowest BCUT2D eigenvalue weighted by molar-refractivity contribution is 0.102. The van der Waals surface area contributed by atoms with Crippen LogP contribution in [0.15, 0.2) is 35.6 Å². The van der Waals surface area contributed by atoms with Gasteiger partial charge in [0.25, 0.3) is 5.91 Å². The lowest BCUT2D eigenvalue weighted by Gasteiger charge is -2.03. The fraction of sp³-hybridized carbons (Fsp3) is 0.182. The minimum atomic E-state index is -0.172. The average Bonchev–Trinajstić information content (AvgIpc) is 2.83. The highest BCUT2D eigenvalue weighted by atomic mass is 32.2. The van der Waals surface area contributed by atoms with Gasteiger partial charge in [0.2, 0.25) is 0 Å². The predicted molar refractivity (Wildman–Crippen MR) is 67.2 cm³/mol. The van der Waals surface area contributed by atoms with Gasteiger partial charge in [0.1, 0.15) is 5.82 Å². The number of H-pyrrole nitrogens is 1. The second kappa shape index (κ2) is 5.49. The molecule has 0 radical (unpaired) electrons. The molecule has 0 fully saturated rings. The van der Waals surface area contributed by atoms with Crippen LogP contribution in [0, 0.1) is 0 Å². The number of rotatable bonds is 4. The van der Waals surface area contributed by atoms with Gasteiger partial charge in [-0.25, -0.2) is 4.98 Å². The number of thioether (sulfide) groups is 1. The fourth-order valence-electron chi connectivity index (χ4n) is 1.30. The van der Waals surface area contributed by atoms with E-state index in [1.165, 1.54) is 0 Å². The summed E-state index contributed by atoms with van der Waals surface area (Å²) in [6, 6.07) is 5.16. The summed E-state index contributed by atoms with van der Waals surface area (Å²) in [5.74, 6) is 1.34. The van der Waals surface area contributed by atoms with Gasteiger partial charge in [-0.2, -0.15) is 5.10 Å². The zero-order valence-electron chi connectivity index (χ0n) is 9.30. The van der Waals surface area contributed by atoms with Crippen molar-refractivity contribution in [3.63, 3.8) is 0 Å². The Hall–Kier alpha value is -1.82. The van der Waals surface area contributed by atoms with E-state index in [0.717, 1.165) is 10.8 Å². The van der Waals surface area contributed by atoms with Gasteiger partial charge >= 0.3 is 0 Å². The molecule has 0 bridgehead atoms. The molecule has 2 rings (SSSR count). The molecule has 2 aromatic rings. The normalized spacial score (nSPS) is 10.2. The second-order valence-electron chi connectivity index (χ2n) is 3.24. The molecule has 0 aliphatic heterocycles. The molecule has 0 aliphatic carbocycles. The molecule has 0 saturated heterocycles. The minimum Gasteiger partial charge on any atom is -0.307 e. The van der Waals surface area contributed by atoms with E-state index in [1.54, 1.807) is 42.4 Å². The zero-order valence-corrected chi connectivity index (χ0v) is 10.1. The number of anilines is 1. The van der Waals surface area contributed by atoms with Crippen LogP contribution in [0.25, 0.3) is 0 Å². The lowest BCUT2D eigenvalue weighted by Crippen LogP contribution is -2.12. The maximum absolute atomic E-state index is 11.9. The first kappa shape index (κ1) is 11.7. The maximum Gasteiger partial charge on any atom is 0.256 e. The van der Waals surface area contributed by atoms with Gasteiger partial charge in [-0.1, -0.05) is 6.92 Å². The van der Waals surface area contributed by atoms with Crippen molar-refractivity contribution >= 4 is 23.5 Å². The fourth-order valence-corrected chi connectivity index (χ4v) is 1.94. The van der Waals surface area contributed by atoms with Crippen molar-refractivity contribution in [3.05, 3.63) is 36.2 Å². The Morgan fingerprint density at radius 1 is 1.47 bits per heavy atom. The highest BCUT2D eigenvalue weighted by Crippen LogP contribution is 2.16. The van der Waals surface area contributed by atoms with E-state index in [2.05, 4.69) is 20.5 Å². The number of aromatic nitrogens is 3. The standard InChI is InChI=1S/C11H12N4OS/c1-2-17-10-7-8(3-5-12-10)11(16)14-9-4-6-13-15-9/h3-7H,2H2,1H3,(H2,13,14,15,16). The first-order valence-electron chi connectivity index (χ1n) is 5.19. The summed E-state index contributed by atoms with van der Waals surface area (Å²) in [6.07, 6.45) is 3.22. The first-order valence-corrected chi connectivity index (χ1v) is 6.17. The van der Waals surface area contributed by atoms with Crippen LogP contribution in [0.5, 0.6) is 0 Å². The van der Waals surface area contributed by atoms with Crippen LogP contribution < -0.4 is 5.32 Å². The molecule has 17 heavy (non-hydrogen) atoms. The van der Waals surface area contributed by atoms with Crippen molar-refractivity contribution in [3.8, 4) is 0 Å². The first-order chi connectivity index (χ1) is 8.29. The smallest absolute Gasteiger partial charge is 0.256 e. The van der Waals surface area contributed by atoms with Crippen molar-refractivity contribution in [2.24, 2.45) is 0 Å². The Balaban J connectivity index is 2.11. The molecule has 6 heteroatoms. The predicted octanol–water partition coefficient (Wildman–Crippen LogP) is 2.17. The second-order valence-corrected chi connectivity index (χ2v) is 4.52. The number of nitrogens with zero attached hydrogens (tertiary/aromatic N) is 2. The van der Waals surface area contributed by atoms with Crippen LogP contribution in [-0.4, -0.2) is 26.8 Å². The number of carbonyl (C=O) groups is 1. The number of amides is 1. The quantitative estimate of drug-likeness (QED) is 0.813. The number of hydrogen-bond acceptors (Lipinski definition) is 4. The van der Waals surface area contributed by atoms with E-state index in [1.807, 2.05) is 6.92 Å². The van der Waals surface area contributed by atoms with Gasteiger partial charge < -0.3 is 5.32 Å². The maximum atomic E-state index is 11.9. The Labute approximate surface area is 103 Å². The lowest BCUT2D eigenvalue weighted by atomic mass is 10.2. The van der Waals surface area contributed by atoms with Gasteiger partial charge in [-0.3, -0.25) is 9.89 Å². The van der Waals surface area contributed by atoms with E-state index in [9.17, 15) is 4.79 Å². The molecule has 0 atom stereocenters. The van der Waals surface area contributed by atoms with E-state index in [-0.39, 0.29) is 5.91 Å². The highest BCUT2D eigenvalue weighted by Gasteiger charge is 2.07. The average molecular weight is 248 g/mol. The third-order valence-corrected chi connectivity index (χ3v) is 2.85. The summed E-state index contributed by atoms with van der Waals surface area (Å²) < 4.78 is 0. The Kier molecular flexibility index (Phi) is 3.77. The Bertz CT molecular complexity index is 498. The molecular formula is C11H12N4OS. The van der Waals surface area contributed by atoms with E-state index in [4.69, 9.17) is 0 Å². The zero-order chi connectivity index (χ0) is 12.1. The number of pyridine rings is 1. The van der Waals surface area contributed by atoms with Crippen molar-refractivity contribution in [1.82, 2.24) is 15.2 Å². The van der Waals surface area contributed by atoms with Gasteiger partial charge in [-0.15, -0.1) is 11.8 Å². The minimum absolute atomic E-state index is 0.172. The Morgan fingerprint density at radius 2 is 2.35 bits per heavy atom. The van der Waals surface area contributed by atoms with Crippen molar-refractivity contribution in [2.45, 2.75) is 11.9 Å². The van der Waals surface area contributed by atoms with Gasteiger partial charge in [0.05, 0.1) is 11.2 Å². The molecule has 2 N–H and O–H groups in total. The van der Waals surface area contributed by atoms with Gasteiger partial charge in [-0.05, 0) is 17.9 Å². The largest absolute Gasteiger partial charge is 0.307 e. The summed E-state index contributed by atoms with van der Waals surface area (Å²) in [5.41, 5.74) is 0.588. The number of carbonyl (C=O) groups excluding carboxylic acids is 1. The number of aromatic amines is 1. The number of hydrogen-bond donors (Lipinski definition) is 2. The van der Waals surface area contributed by atoms with Gasteiger partial charge in [0.15, 0.2) is 0 Å². The molecule has 2 aromatic heterocycles. The van der Waals surface area contributed by atoms with E-state index < -0.39 is 0 Å². The molecular weight excluding hydrogens is 236 g/mol. The van der Waals surface area contributed by atoms with Crippen LogP contribution in [0.3, 0.4) is 0 Å². The van der Waals surface area contributed by atoms with Crippen LogP contribution in [0.2, 0.25) is 0 Å². The van der Waals surface area contributed by atoms with Crippen molar-refractivity contribution in [2.75, 3.05) is 11.1 Å². The molecule has 0 unspecified atom stereocenters. The monoisotopic (exact) mass is 248 g/mol. The molecule has 0 spiro atoms. The SMILES string of the molecule is CCSc1cc(C(=O)Nc2ccn[nH]2)ccn1. The van der Waals surface area contributed by atoms with Crippen LogP contribution in [0.4, 0.5) is 5.82 Å². The van der Waals surface area contributed by atoms with E-state index in [0.29, 0.717) is 11.4 Å². The molecule has 88 valence electrons. The van der Waals surface area contributed by atoms with Crippen LogP contribution in [0.1, 0.15) is 17.3 Å². The molecule has 0 aromatic carbocycles. The third-order valence-electron chi connectivity index (χ3n) is 2.04. The molecule has 5 nitrogen and oxygen atoms in total. The summed E-state index contributed by atoms with van der Waals surface area (Å²) >= 11 is 1.60. The molecule has 2 heterocycles. The molecule has 0 aliphatic rings. The molecule has 1 amide bonds. The number of nitrogens with one attached hydrogen (secondary N) is 2. The van der Waals surface area contributed by atoms with Crippen molar-refractivity contribution in [1.29, 1.82) is 0 Å². The topological polar surface area (TPSA) is 70.7 Å². The summed E-state index contributed by atoms with van der Waals surface area (Å²) in [5, 5.41) is 10.00. The Morgan fingerprint density at radius 3 is 3.06 bits per heavy atom. The summed E-state index contributed by atoms with van der Waals surface area (Å²) in [6.45, 7) is 2.05. The highest BCUT2D eigenvalue weighted by molar-refractivity contribution is 7.99. The summed E-state index contributed by atoms with van der Waals surface area (Å²) in [7, 11) is 0. The van der Waals surface area contributed by atoms with Gasteiger partial charge in [0, 0.05) is 17.8 Å². The molecule has 0 saturated carbocycles. The third kappa shape index (κ3) is 3.07. The van der Waals surface area contributed by atoms with Crippen molar-refractivity contribution < 1.29 is 4.79 Å².